The Morgan fingerprint density at radius 2 is 2.00 bits per heavy atom. The number of rotatable bonds is 3. The fourth-order valence-corrected chi connectivity index (χ4v) is 1.41. The molecule has 1 rings (SSSR count). The molecule has 0 aromatic heterocycles. The molecule has 0 amide bonds. The Morgan fingerprint density at radius 3 is 2.44 bits per heavy atom. The maximum absolute atomic E-state index is 12.4. The molecule has 1 atom stereocenters. The summed E-state index contributed by atoms with van der Waals surface area (Å²) < 4.78 is 42.2. The lowest BCUT2D eigenvalue weighted by atomic mass is 10.0. The molecule has 0 saturated carbocycles. The molecule has 0 aliphatic carbocycles. The number of nitrogens with two attached hydrogens (primary N) is 1. The summed E-state index contributed by atoms with van der Waals surface area (Å²) in [7, 11) is 1.33. The molecule has 90 valence electrons. The summed E-state index contributed by atoms with van der Waals surface area (Å²) in [4.78, 5) is 0. The average molecular weight is 233 g/mol. The van der Waals surface area contributed by atoms with Crippen LogP contribution in [0.4, 0.5) is 13.2 Å². The summed E-state index contributed by atoms with van der Waals surface area (Å²) in [5.74, 6) is 0.184. The first kappa shape index (κ1) is 12.8. The van der Waals surface area contributed by atoms with Crippen LogP contribution in [0.5, 0.6) is 5.75 Å². The SMILES string of the molecule is CCC(N)c1ccc(C(F)(F)F)cc1OC. The van der Waals surface area contributed by atoms with E-state index in [1.54, 1.807) is 0 Å². The van der Waals surface area contributed by atoms with Crippen molar-refractivity contribution < 1.29 is 17.9 Å². The van der Waals surface area contributed by atoms with Gasteiger partial charge in [0, 0.05) is 11.6 Å². The van der Waals surface area contributed by atoms with Gasteiger partial charge in [0.2, 0.25) is 0 Å². The quantitative estimate of drug-likeness (QED) is 0.870. The fourth-order valence-electron chi connectivity index (χ4n) is 1.41. The highest BCUT2D eigenvalue weighted by molar-refractivity contribution is 5.40. The second-order valence-corrected chi connectivity index (χ2v) is 3.47. The van der Waals surface area contributed by atoms with Gasteiger partial charge in [0.05, 0.1) is 12.7 Å². The van der Waals surface area contributed by atoms with Crippen LogP contribution in [-0.2, 0) is 6.18 Å². The van der Waals surface area contributed by atoms with Gasteiger partial charge >= 0.3 is 6.18 Å². The lowest BCUT2D eigenvalue weighted by Gasteiger charge is -2.16. The number of benzene rings is 1. The van der Waals surface area contributed by atoms with E-state index in [4.69, 9.17) is 10.5 Å². The number of hydrogen-bond donors (Lipinski definition) is 1. The Kier molecular flexibility index (Phi) is 3.80. The smallest absolute Gasteiger partial charge is 0.416 e. The highest BCUT2D eigenvalue weighted by atomic mass is 19.4. The second kappa shape index (κ2) is 4.74. The molecule has 0 heterocycles. The van der Waals surface area contributed by atoms with Gasteiger partial charge in [-0.15, -0.1) is 0 Å². The molecule has 0 spiro atoms. The highest BCUT2D eigenvalue weighted by Gasteiger charge is 2.31. The number of methoxy groups -OCH3 is 1. The third kappa shape index (κ3) is 2.66. The molecule has 0 fully saturated rings. The number of ether oxygens (including phenoxy) is 1. The van der Waals surface area contributed by atoms with Gasteiger partial charge in [0.25, 0.3) is 0 Å². The van der Waals surface area contributed by atoms with E-state index in [9.17, 15) is 13.2 Å². The van der Waals surface area contributed by atoms with Crippen LogP contribution in [0.1, 0.15) is 30.5 Å². The minimum Gasteiger partial charge on any atom is -0.496 e. The monoisotopic (exact) mass is 233 g/mol. The molecule has 2 N–H and O–H groups in total. The minimum atomic E-state index is -4.36. The molecule has 2 nitrogen and oxygen atoms in total. The Hall–Kier alpha value is -1.23. The first-order valence-electron chi connectivity index (χ1n) is 4.90. The van der Waals surface area contributed by atoms with E-state index in [2.05, 4.69) is 0 Å². The maximum atomic E-state index is 12.4. The first-order chi connectivity index (χ1) is 7.40. The van der Waals surface area contributed by atoms with Crippen molar-refractivity contribution in [2.75, 3.05) is 7.11 Å². The largest absolute Gasteiger partial charge is 0.496 e. The van der Waals surface area contributed by atoms with E-state index < -0.39 is 11.7 Å². The lowest BCUT2D eigenvalue weighted by Crippen LogP contribution is -2.12. The normalized spacial score (nSPS) is 13.6. The van der Waals surface area contributed by atoms with Crippen molar-refractivity contribution >= 4 is 0 Å². The van der Waals surface area contributed by atoms with Gasteiger partial charge in [-0.2, -0.15) is 13.2 Å². The van der Waals surface area contributed by atoms with Crippen molar-refractivity contribution in [3.63, 3.8) is 0 Å². The molecule has 1 aromatic carbocycles. The maximum Gasteiger partial charge on any atom is 0.416 e. The van der Waals surface area contributed by atoms with E-state index in [0.29, 0.717) is 12.0 Å². The predicted molar refractivity (Wildman–Crippen MR) is 55.2 cm³/mol. The van der Waals surface area contributed by atoms with Gasteiger partial charge in [-0.3, -0.25) is 0 Å². The van der Waals surface area contributed by atoms with Crippen molar-refractivity contribution in [3.05, 3.63) is 29.3 Å². The molecule has 0 saturated heterocycles. The zero-order valence-electron chi connectivity index (χ0n) is 9.14. The second-order valence-electron chi connectivity index (χ2n) is 3.47. The van der Waals surface area contributed by atoms with Crippen LogP contribution in [-0.4, -0.2) is 7.11 Å². The number of hydrogen-bond acceptors (Lipinski definition) is 2. The Balaban J connectivity index is 3.17. The van der Waals surface area contributed by atoms with Crippen molar-refractivity contribution in [2.24, 2.45) is 5.73 Å². The van der Waals surface area contributed by atoms with E-state index >= 15 is 0 Å². The predicted octanol–water partition coefficient (Wildman–Crippen LogP) is 3.12. The van der Waals surface area contributed by atoms with E-state index in [0.717, 1.165) is 12.1 Å². The van der Waals surface area contributed by atoms with Crippen LogP contribution in [0.3, 0.4) is 0 Å². The van der Waals surface area contributed by atoms with Crippen molar-refractivity contribution in [1.29, 1.82) is 0 Å². The van der Waals surface area contributed by atoms with Crippen LogP contribution < -0.4 is 10.5 Å². The molecule has 0 bridgehead atoms. The van der Waals surface area contributed by atoms with Crippen molar-refractivity contribution in [1.82, 2.24) is 0 Å². The van der Waals surface area contributed by atoms with Crippen LogP contribution in [0.25, 0.3) is 0 Å². The van der Waals surface area contributed by atoms with Crippen LogP contribution in [0, 0.1) is 0 Å². The Bertz CT molecular complexity index is 363. The summed E-state index contributed by atoms with van der Waals surface area (Å²) >= 11 is 0. The molecular formula is C11H14F3NO. The Morgan fingerprint density at radius 1 is 1.38 bits per heavy atom. The van der Waals surface area contributed by atoms with Crippen LogP contribution >= 0.6 is 0 Å². The van der Waals surface area contributed by atoms with Crippen molar-refractivity contribution in [3.8, 4) is 5.75 Å². The van der Waals surface area contributed by atoms with E-state index in [-0.39, 0.29) is 11.8 Å². The van der Waals surface area contributed by atoms with Crippen LogP contribution in [0.15, 0.2) is 18.2 Å². The Labute approximate surface area is 92.2 Å². The average Bonchev–Trinajstić information content (AvgIpc) is 2.26. The van der Waals surface area contributed by atoms with Crippen molar-refractivity contribution in [2.45, 2.75) is 25.6 Å². The molecular weight excluding hydrogens is 219 g/mol. The third-order valence-electron chi connectivity index (χ3n) is 2.40. The number of halogens is 3. The summed E-state index contributed by atoms with van der Waals surface area (Å²) in [6.45, 7) is 1.86. The van der Waals surface area contributed by atoms with E-state index in [1.807, 2.05) is 6.92 Å². The highest BCUT2D eigenvalue weighted by Crippen LogP contribution is 2.34. The van der Waals surface area contributed by atoms with Gasteiger partial charge in [-0.05, 0) is 18.6 Å². The standard InChI is InChI=1S/C11H14F3NO/c1-3-9(15)8-5-4-7(11(12,13)14)6-10(8)16-2/h4-6,9H,3,15H2,1-2H3. The molecule has 16 heavy (non-hydrogen) atoms. The zero-order valence-corrected chi connectivity index (χ0v) is 9.14. The molecule has 5 heteroatoms. The summed E-state index contributed by atoms with van der Waals surface area (Å²) in [6.07, 6.45) is -3.72. The number of alkyl halides is 3. The van der Waals surface area contributed by atoms with Gasteiger partial charge in [0.15, 0.2) is 0 Å². The minimum absolute atomic E-state index is 0.184. The molecule has 0 radical (unpaired) electrons. The lowest BCUT2D eigenvalue weighted by molar-refractivity contribution is -0.137. The summed E-state index contributed by atoms with van der Waals surface area (Å²) in [6, 6.07) is 3.06. The topological polar surface area (TPSA) is 35.2 Å². The molecule has 0 aliphatic rings. The van der Waals surface area contributed by atoms with Crippen LogP contribution in [0.2, 0.25) is 0 Å². The third-order valence-corrected chi connectivity index (χ3v) is 2.40. The van der Waals surface area contributed by atoms with Gasteiger partial charge in [-0.1, -0.05) is 13.0 Å². The zero-order chi connectivity index (χ0) is 12.3. The summed E-state index contributed by atoms with van der Waals surface area (Å²) in [5.41, 5.74) is 5.64. The van der Waals surface area contributed by atoms with Gasteiger partial charge in [-0.25, -0.2) is 0 Å². The molecule has 1 unspecified atom stereocenters. The van der Waals surface area contributed by atoms with Gasteiger partial charge < -0.3 is 10.5 Å². The van der Waals surface area contributed by atoms with E-state index in [1.165, 1.54) is 13.2 Å². The van der Waals surface area contributed by atoms with Gasteiger partial charge in [0.1, 0.15) is 5.75 Å². The first-order valence-corrected chi connectivity index (χ1v) is 4.90. The fraction of sp³-hybridized carbons (Fsp3) is 0.455. The molecule has 1 aromatic rings. The molecule has 0 aliphatic heterocycles. The summed E-state index contributed by atoms with van der Waals surface area (Å²) in [5, 5.41) is 0.